The molecule has 0 saturated heterocycles. The first-order valence-electron chi connectivity index (χ1n) is 4.36. The lowest BCUT2D eigenvalue weighted by molar-refractivity contribution is 0.153. The second-order valence-electron chi connectivity index (χ2n) is 3.59. The molecular formula is C9H14N2O. The summed E-state index contributed by atoms with van der Waals surface area (Å²) in [6.45, 7) is 1.99. The van der Waals surface area contributed by atoms with Gasteiger partial charge >= 0.3 is 0 Å². The van der Waals surface area contributed by atoms with Gasteiger partial charge in [-0.15, -0.1) is 0 Å². The highest BCUT2D eigenvalue weighted by atomic mass is 16.3. The van der Waals surface area contributed by atoms with Crippen LogP contribution in [0.3, 0.4) is 0 Å². The van der Waals surface area contributed by atoms with Crippen molar-refractivity contribution < 1.29 is 5.11 Å². The normalized spacial score (nSPS) is 19.6. The first-order valence-corrected chi connectivity index (χ1v) is 4.36. The highest BCUT2D eigenvalue weighted by Crippen LogP contribution is 2.41. The van der Waals surface area contributed by atoms with Crippen LogP contribution in [0.4, 0.5) is 0 Å². The molecule has 12 heavy (non-hydrogen) atoms. The summed E-state index contributed by atoms with van der Waals surface area (Å²) in [6, 6.07) is 0. The van der Waals surface area contributed by atoms with Crippen molar-refractivity contribution in [2.24, 2.45) is 13.0 Å². The largest absolute Gasteiger partial charge is 0.388 e. The van der Waals surface area contributed by atoms with E-state index in [-0.39, 0.29) is 6.10 Å². The lowest BCUT2D eigenvalue weighted by Gasteiger charge is -2.07. The maximum Gasteiger partial charge on any atom is 0.0851 e. The Morgan fingerprint density at radius 1 is 1.67 bits per heavy atom. The number of aryl methyl sites for hydroxylation is 1. The highest BCUT2D eigenvalue weighted by Gasteiger charge is 2.32. The molecule has 1 N–H and O–H groups in total. The zero-order chi connectivity index (χ0) is 8.72. The van der Waals surface area contributed by atoms with Gasteiger partial charge in [-0.3, -0.25) is 4.68 Å². The van der Waals surface area contributed by atoms with Gasteiger partial charge in [-0.1, -0.05) is 0 Å². The van der Waals surface area contributed by atoms with Crippen LogP contribution >= 0.6 is 0 Å². The topological polar surface area (TPSA) is 38.1 Å². The van der Waals surface area contributed by atoms with Gasteiger partial charge in [-0.05, 0) is 25.7 Å². The zero-order valence-corrected chi connectivity index (χ0v) is 7.49. The Bertz CT molecular complexity index is 289. The Morgan fingerprint density at radius 2 is 2.33 bits per heavy atom. The molecule has 0 spiro atoms. The molecule has 1 aromatic heterocycles. The predicted molar refractivity (Wildman–Crippen MR) is 45.6 cm³/mol. The molecule has 1 aliphatic carbocycles. The summed E-state index contributed by atoms with van der Waals surface area (Å²) in [5.41, 5.74) is 2.08. The van der Waals surface area contributed by atoms with Crippen molar-refractivity contribution in [3.8, 4) is 0 Å². The molecule has 66 valence electrons. The summed E-state index contributed by atoms with van der Waals surface area (Å²) >= 11 is 0. The van der Waals surface area contributed by atoms with Crippen molar-refractivity contribution in [2.75, 3.05) is 0 Å². The second-order valence-corrected chi connectivity index (χ2v) is 3.59. The summed E-state index contributed by atoms with van der Waals surface area (Å²) in [6.07, 6.45) is 3.82. The van der Waals surface area contributed by atoms with Crippen LogP contribution in [0.15, 0.2) is 6.20 Å². The van der Waals surface area contributed by atoms with Crippen LogP contribution in [-0.4, -0.2) is 14.9 Å². The minimum atomic E-state index is -0.279. The predicted octanol–water partition coefficient (Wildman–Crippen LogP) is 1.17. The lowest BCUT2D eigenvalue weighted by Crippen LogP contribution is -2.01. The van der Waals surface area contributed by atoms with Gasteiger partial charge in [-0.25, -0.2) is 0 Å². The van der Waals surface area contributed by atoms with Gasteiger partial charge in [-0.2, -0.15) is 5.10 Å². The summed E-state index contributed by atoms with van der Waals surface area (Å²) in [5, 5.41) is 13.9. The average molecular weight is 166 g/mol. The van der Waals surface area contributed by atoms with Crippen LogP contribution in [0.25, 0.3) is 0 Å². The third-order valence-electron chi connectivity index (χ3n) is 2.66. The van der Waals surface area contributed by atoms with Crippen LogP contribution < -0.4 is 0 Å². The highest BCUT2D eigenvalue weighted by molar-refractivity contribution is 5.20. The summed E-state index contributed by atoms with van der Waals surface area (Å²) in [7, 11) is 1.90. The molecule has 1 heterocycles. The summed E-state index contributed by atoms with van der Waals surface area (Å²) in [4.78, 5) is 0. The van der Waals surface area contributed by atoms with E-state index in [4.69, 9.17) is 0 Å². The van der Waals surface area contributed by atoms with E-state index < -0.39 is 0 Å². The fourth-order valence-corrected chi connectivity index (χ4v) is 1.47. The number of aliphatic hydroxyl groups excluding tert-OH is 1. The van der Waals surface area contributed by atoms with Crippen molar-refractivity contribution in [3.63, 3.8) is 0 Å². The maximum absolute atomic E-state index is 9.80. The van der Waals surface area contributed by atoms with E-state index in [0.29, 0.717) is 5.92 Å². The van der Waals surface area contributed by atoms with E-state index >= 15 is 0 Å². The lowest BCUT2D eigenvalue weighted by atomic mass is 10.1. The minimum absolute atomic E-state index is 0.279. The summed E-state index contributed by atoms with van der Waals surface area (Å²) in [5.74, 6) is 0.493. The Hall–Kier alpha value is -0.830. The molecule has 0 amide bonds. The van der Waals surface area contributed by atoms with Gasteiger partial charge in [0.1, 0.15) is 0 Å². The molecule has 0 bridgehead atoms. The molecule has 0 aliphatic heterocycles. The average Bonchev–Trinajstić information content (AvgIpc) is 2.82. The van der Waals surface area contributed by atoms with E-state index in [2.05, 4.69) is 5.10 Å². The molecule has 1 aliphatic rings. The van der Waals surface area contributed by atoms with E-state index in [1.807, 2.05) is 14.0 Å². The molecule has 1 fully saturated rings. The van der Waals surface area contributed by atoms with Gasteiger partial charge in [0.05, 0.1) is 12.3 Å². The number of aromatic nitrogens is 2. The van der Waals surface area contributed by atoms with Crippen LogP contribution in [0.5, 0.6) is 0 Å². The molecule has 2 rings (SSSR count). The molecule has 1 unspecified atom stereocenters. The third kappa shape index (κ3) is 1.14. The quantitative estimate of drug-likeness (QED) is 0.716. The number of rotatable bonds is 2. The van der Waals surface area contributed by atoms with Gasteiger partial charge in [0.25, 0.3) is 0 Å². The number of nitrogens with zero attached hydrogens (tertiary/aromatic N) is 2. The van der Waals surface area contributed by atoms with Gasteiger partial charge in [0.15, 0.2) is 0 Å². The van der Waals surface area contributed by atoms with E-state index in [1.54, 1.807) is 10.9 Å². The van der Waals surface area contributed by atoms with Crippen molar-refractivity contribution in [3.05, 3.63) is 17.5 Å². The van der Waals surface area contributed by atoms with Crippen molar-refractivity contribution in [1.82, 2.24) is 9.78 Å². The van der Waals surface area contributed by atoms with Gasteiger partial charge in [0.2, 0.25) is 0 Å². The van der Waals surface area contributed by atoms with E-state index in [1.165, 1.54) is 0 Å². The Labute approximate surface area is 72.0 Å². The smallest absolute Gasteiger partial charge is 0.0851 e. The van der Waals surface area contributed by atoms with Crippen LogP contribution in [0.2, 0.25) is 0 Å². The summed E-state index contributed by atoms with van der Waals surface area (Å²) < 4.78 is 1.81. The Kier molecular flexibility index (Phi) is 1.68. The van der Waals surface area contributed by atoms with Crippen molar-refractivity contribution >= 4 is 0 Å². The molecule has 0 radical (unpaired) electrons. The first kappa shape index (κ1) is 7.80. The molecule has 1 atom stereocenters. The first-order chi connectivity index (χ1) is 5.70. The molecule has 1 aromatic rings. The van der Waals surface area contributed by atoms with Crippen molar-refractivity contribution in [2.45, 2.75) is 25.9 Å². The monoisotopic (exact) mass is 166 g/mol. The molecule has 3 heteroatoms. The second kappa shape index (κ2) is 2.59. The van der Waals surface area contributed by atoms with E-state index in [9.17, 15) is 5.11 Å². The van der Waals surface area contributed by atoms with E-state index in [0.717, 1.165) is 24.1 Å². The molecular weight excluding hydrogens is 152 g/mol. The number of hydrogen-bond acceptors (Lipinski definition) is 2. The third-order valence-corrected chi connectivity index (χ3v) is 2.66. The van der Waals surface area contributed by atoms with Crippen molar-refractivity contribution in [1.29, 1.82) is 0 Å². The zero-order valence-electron chi connectivity index (χ0n) is 7.49. The fourth-order valence-electron chi connectivity index (χ4n) is 1.47. The number of hydrogen-bond donors (Lipinski definition) is 1. The van der Waals surface area contributed by atoms with Gasteiger partial charge in [0, 0.05) is 18.3 Å². The van der Waals surface area contributed by atoms with Crippen LogP contribution in [0, 0.1) is 12.8 Å². The number of aliphatic hydroxyl groups is 1. The fraction of sp³-hybridized carbons (Fsp3) is 0.667. The van der Waals surface area contributed by atoms with Crippen LogP contribution in [-0.2, 0) is 7.05 Å². The maximum atomic E-state index is 9.80. The SMILES string of the molecule is Cc1c(C(O)C2CC2)cnn1C. The standard InChI is InChI=1S/C9H14N2O/c1-6-8(5-10-11(6)2)9(12)7-3-4-7/h5,7,9,12H,3-4H2,1-2H3. The van der Waals surface area contributed by atoms with Crippen LogP contribution in [0.1, 0.15) is 30.2 Å². The Morgan fingerprint density at radius 3 is 2.75 bits per heavy atom. The van der Waals surface area contributed by atoms with Gasteiger partial charge < -0.3 is 5.11 Å². The Balaban J connectivity index is 2.25. The minimum Gasteiger partial charge on any atom is -0.388 e. The molecule has 3 nitrogen and oxygen atoms in total. The molecule has 1 saturated carbocycles. The molecule has 0 aromatic carbocycles.